The highest BCUT2D eigenvalue weighted by molar-refractivity contribution is 14.1. The Hall–Kier alpha value is -0.660. The minimum absolute atomic E-state index is 0.392. The minimum atomic E-state index is 0.392. The van der Waals surface area contributed by atoms with Gasteiger partial charge in [-0.1, -0.05) is 11.8 Å². The van der Waals surface area contributed by atoms with Gasteiger partial charge in [-0.25, -0.2) is 3.64 Å². The Kier molecular flexibility index (Phi) is 15.7. The molecule has 0 spiro atoms. The van der Waals surface area contributed by atoms with E-state index >= 15 is 0 Å². The van der Waals surface area contributed by atoms with Crippen molar-refractivity contribution in [2.75, 3.05) is 45.8 Å². The van der Waals surface area contributed by atoms with E-state index in [0.29, 0.717) is 24.3 Å². The molecule has 0 aromatic rings. The lowest BCUT2D eigenvalue weighted by molar-refractivity contribution is 0.0674. The van der Waals surface area contributed by atoms with Crippen LogP contribution in [0.5, 0.6) is 0 Å². The van der Waals surface area contributed by atoms with Crippen molar-refractivity contribution >= 4 is 45.8 Å². The van der Waals surface area contributed by atoms with Gasteiger partial charge in [0.1, 0.15) is 0 Å². The predicted molar refractivity (Wildman–Crippen MR) is 105 cm³/mol. The van der Waals surface area contributed by atoms with Crippen molar-refractivity contribution < 1.29 is 9.47 Å². The largest absolute Gasteiger partial charge is 0.381 e. The molecule has 0 radical (unpaired) electrons. The maximum absolute atomic E-state index is 5.44. The summed E-state index contributed by atoms with van der Waals surface area (Å²) in [5, 5.41) is 7.56. The van der Waals surface area contributed by atoms with E-state index < -0.39 is 0 Å². The van der Waals surface area contributed by atoms with Crippen LogP contribution in [-0.4, -0.2) is 61.8 Å². The molecule has 0 aromatic carbocycles. The number of ether oxygens (including phenoxy) is 2. The first-order valence-electron chi connectivity index (χ1n) is 7.32. The first-order chi connectivity index (χ1) is 11.2. The lowest BCUT2D eigenvalue weighted by Crippen LogP contribution is -2.45. The van der Waals surface area contributed by atoms with E-state index in [1.165, 1.54) is 31.0 Å². The predicted octanol–water partition coefficient (Wildman–Crippen LogP) is 0.213. The molecular weight excluding hydrogens is 433 g/mol. The fraction of sp³-hybridized carbons (Fsp3) is 0.833. The van der Waals surface area contributed by atoms with Crippen LogP contribution in [0.4, 0.5) is 0 Å². The summed E-state index contributed by atoms with van der Waals surface area (Å²) in [5.41, 5.74) is 10.7. The molecule has 0 unspecified atom stereocenters. The Morgan fingerprint density at radius 3 is 1.96 bits per heavy atom. The van der Waals surface area contributed by atoms with Crippen LogP contribution in [0.25, 0.3) is 0 Å². The van der Waals surface area contributed by atoms with Gasteiger partial charge in [0, 0.05) is 26.3 Å². The smallest absolute Gasteiger partial charge is 0.213 e. The fourth-order valence-corrected chi connectivity index (χ4v) is 2.21. The van der Waals surface area contributed by atoms with Crippen molar-refractivity contribution in [2.24, 2.45) is 27.5 Å². The number of hydrogen-bond acceptors (Lipinski definition) is 7. The molecule has 0 aromatic heterocycles. The molecule has 2 saturated heterocycles. The lowest BCUT2D eigenvalue weighted by Gasteiger charge is -2.26. The van der Waals surface area contributed by atoms with Crippen LogP contribution in [0.1, 0.15) is 19.3 Å². The van der Waals surface area contributed by atoms with Gasteiger partial charge in [0.15, 0.2) is 5.17 Å². The zero-order valence-corrected chi connectivity index (χ0v) is 16.5. The molecule has 23 heavy (non-hydrogen) atoms. The third-order valence-corrected chi connectivity index (χ3v) is 3.66. The van der Waals surface area contributed by atoms with Gasteiger partial charge in [-0.15, -0.1) is 10.2 Å². The Labute approximate surface area is 156 Å². The lowest BCUT2D eigenvalue weighted by atomic mass is 10.2. The van der Waals surface area contributed by atoms with Gasteiger partial charge >= 0.3 is 0 Å². The average molecular weight is 461 g/mol. The second kappa shape index (κ2) is 16.2. The van der Waals surface area contributed by atoms with Crippen LogP contribution in [-0.2, 0) is 9.47 Å². The second-order valence-corrected chi connectivity index (χ2v) is 5.81. The molecular formula is C12H28IN7O2S. The minimum Gasteiger partial charge on any atom is -0.381 e. The standard InChI is InChI=1S/C5H12N4O.C5H10O.C2H6IN3S/c6-5(8-7)9-1-3-10-4-2-9;1-2-4-6-5-3-1;1-7-2(4)5-6-3/h1-4,7H2,(H2,6,8);1-5H2;6H,1H3,(H2,4,5). The molecule has 0 atom stereocenters. The highest BCUT2D eigenvalue weighted by Crippen LogP contribution is 2.02. The highest BCUT2D eigenvalue weighted by atomic mass is 127. The summed E-state index contributed by atoms with van der Waals surface area (Å²) in [6.45, 7) is 4.98. The molecule has 2 heterocycles. The number of nitrogens with two attached hydrogens (primary N) is 3. The number of guanidine groups is 1. The molecule has 2 aliphatic rings. The molecule has 136 valence electrons. The number of hydrazone groups is 2. The summed E-state index contributed by atoms with van der Waals surface area (Å²) < 4.78 is 12.7. The maximum Gasteiger partial charge on any atom is 0.213 e. The number of hydrogen-bond donors (Lipinski definition) is 4. The molecule has 2 fully saturated rings. The molecule has 2 rings (SSSR count). The van der Waals surface area contributed by atoms with Gasteiger partial charge in [0.25, 0.3) is 0 Å². The molecule has 9 nitrogen and oxygen atoms in total. The van der Waals surface area contributed by atoms with Crippen molar-refractivity contribution in [1.29, 1.82) is 0 Å². The van der Waals surface area contributed by atoms with Crippen molar-refractivity contribution in [2.45, 2.75) is 19.3 Å². The van der Waals surface area contributed by atoms with Crippen molar-refractivity contribution in [3.05, 3.63) is 0 Å². The summed E-state index contributed by atoms with van der Waals surface area (Å²) >= 11 is 3.30. The summed E-state index contributed by atoms with van der Waals surface area (Å²) in [4.78, 5) is 1.89. The number of rotatable bonds is 1. The number of morpholine rings is 1. The van der Waals surface area contributed by atoms with E-state index in [1.54, 1.807) is 0 Å². The van der Waals surface area contributed by atoms with Crippen LogP contribution in [0.15, 0.2) is 10.2 Å². The molecule has 2 aliphatic heterocycles. The molecule has 0 aliphatic carbocycles. The Bertz CT molecular complexity index is 326. The number of nitrogens with zero attached hydrogens (tertiary/aromatic N) is 3. The SMILES string of the molecule is C1CCOCC1.CSC(N)=NNI.NN=C(N)N1CCOCC1. The van der Waals surface area contributed by atoms with Crippen molar-refractivity contribution in [3.63, 3.8) is 0 Å². The molecule has 11 heteroatoms. The van der Waals surface area contributed by atoms with Crippen molar-refractivity contribution in [1.82, 2.24) is 8.54 Å². The van der Waals surface area contributed by atoms with Gasteiger partial charge in [0.05, 0.1) is 36.1 Å². The van der Waals surface area contributed by atoms with E-state index in [2.05, 4.69) is 13.8 Å². The van der Waals surface area contributed by atoms with Crippen LogP contribution in [0.2, 0.25) is 0 Å². The number of thioether (sulfide) groups is 1. The Morgan fingerprint density at radius 1 is 1.09 bits per heavy atom. The topological polar surface area (TPSA) is 137 Å². The van der Waals surface area contributed by atoms with Crippen LogP contribution >= 0.6 is 34.6 Å². The summed E-state index contributed by atoms with van der Waals surface area (Å²) in [5.74, 6) is 5.38. The van der Waals surface area contributed by atoms with Crippen LogP contribution in [0.3, 0.4) is 0 Å². The molecule has 0 amide bonds. The average Bonchev–Trinajstić information content (AvgIpc) is 2.64. The quantitative estimate of drug-likeness (QED) is 0.109. The van der Waals surface area contributed by atoms with E-state index in [9.17, 15) is 0 Å². The monoisotopic (exact) mass is 461 g/mol. The third-order valence-electron chi connectivity index (χ3n) is 2.91. The van der Waals surface area contributed by atoms with E-state index in [-0.39, 0.29) is 0 Å². The summed E-state index contributed by atoms with van der Waals surface area (Å²) in [6.07, 6.45) is 5.80. The van der Waals surface area contributed by atoms with E-state index in [0.717, 1.165) is 26.3 Å². The van der Waals surface area contributed by atoms with Gasteiger partial charge < -0.3 is 31.7 Å². The fourth-order valence-electron chi connectivity index (χ4n) is 1.65. The number of nitrogens with one attached hydrogen (secondary N) is 1. The van der Waals surface area contributed by atoms with Crippen LogP contribution < -0.4 is 20.9 Å². The number of halogens is 1. The zero-order valence-electron chi connectivity index (χ0n) is 13.5. The first-order valence-corrected chi connectivity index (χ1v) is 9.62. The molecule has 7 N–H and O–H groups in total. The van der Waals surface area contributed by atoms with Crippen LogP contribution in [0, 0.1) is 0 Å². The van der Waals surface area contributed by atoms with E-state index in [4.69, 9.17) is 26.8 Å². The van der Waals surface area contributed by atoms with Gasteiger partial charge in [-0.3, -0.25) is 0 Å². The number of amidine groups is 1. The Morgan fingerprint density at radius 2 is 1.65 bits per heavy atom. The third kappa shape index (κ3) is 13.5. The first kappa shape index (κ1) is 22.3. The zero-order chi connectivity index (χ0) is 17.3. The van der Waals surface area contributed by atoms with E-state index in [1.807, 2.05) is 34.0 Å². The molecule has 0 bridgehead atoms. The van der Waals surface area contributed by atoms with Gasteiger partial charge in [-0.05, 0) is 25.5 Å². The Balaban J connectivity index is 0.000000329. The highest BCUT2D eigenvalue weighted by Gasteiger charge is 2.11. The van der Waals surface area contributed by atoms with Crippen molar-refractivity contribution in [3.8, 4) is 0 Å². The van der Waals surface area contributed by atoms with Gasteiger partial charge in [0.2, 0.25) is 5.96 Å². The summed E-state index contributed by atoms with van der Waals surface area (Å²) in [7, 11) is 0. The normalized spacial score (nSPS) is 19.0. The maximum atomic E-state index is 5.44. The second-order valence-electron chi connectivity index (χ2n) is 4.50. The molecule has 0 saturated carbocycles. The van der Waals surface area contributed by atoms with Gasteiger partial charge in [-0.2, -0.15) is 0 Å². The summed E-state index contributed by atoms with van der Waals surface area (Å²) in [6, 6.07) is 0.